The highest BCUT2D eigenvalue weighted by molar-refractivity contribution is 7.98. The molecule has 0 bridgehead atoms. The SMILES string of the molecule is CSc1cc(-c2cc(F)cc3c(C)c[nH]c23)c(C)c2c1NC(C)(C)c1nnc(C)n1-2. The predicted octanol–water partition coefficient (Wildman–Crippen LogP) is 5.86. The van der Waals surface area contributed by atoms with E-state index in [0.29, 0.717) is 0 Å². The lowest BCUT2D eigenvalue weighted by Gasteiger charge is -2.36. The quantitative estimate of drug-likeness (QED) is 0.398. The summed E-state index contributed by atoms with van der Waals surface area (Å²) in [6.45, 7) is 10.3. The van der Waals surface area contributed by atoms with Crippen LogP contribution < -0.4 is 5.32 Å². The van der Waals surface area contributed by atoms with Gasteiger partial charge >= 0.3 is 0 Å². The van der Waals surface area contributed by atoms with Crippen LogP contribution in [-0.2, 0) is 5.54 Å². The van der Waals surface area contributed by atoms with Gasteiger partial charge in [0.2, 0.25) is 0 Å². The van der Waals surface area contributed by atoms with Crippen molar-refractivity contribution in [3.05, 3.63) is 53.0 Å². The molecule has 0 aliphatic carbocycles. The number of aryl methyl sites for hydroxylation is 2. The van der Waals surface area contributed by atoms with Gasteiger partial charge in [-0.1, -0.05) is 0 Å². The van der Waals surface area contributed by atoms with E-state index in [2.05, 4.69) is 58.2 Å². The number of nitrogens with one attached hydrogen (secondary N) is 2. The van der Waals surface area contributed by atoms with Crippen molar-refractivity contribution in [3.63, 3.8) is 0 Å². The zero-order chi connectivity index (χ0) is 21.4. The van der Waals surface area contributed by atoms with Gasteiger partial charge in [0.15, 0.2) is 5.82 Å². The highest BCUT2D eigenvalue weighted by Gasteiger charge is 2.36. The van der Waals surface area contributed by atoms with Gasteiger partial charge in [0, 0.05) is 22.0 Å². The van der Waals surface area contributed by atoms with Crippen LogP contribution in [0.2, 0.25) is 0 Å². The summed E-state index contributed by atoms with van der Waals surface area (Å²) in [5.74, 6) is 1.48. The molecule has 0 amide bonds. The minimum Gasteiger partial charge on any atom is -0.370 e. The van der Waals surface area contributed by atoms with Crippen molar-refractivity contribution in [2.45, 2.75) is 45.1 Å². The Kier molecular flexibility index (Phi) is 4.06. The molecular formula is C23H24FN5S. The van der Waals surface area contributed by atoms with Gasteiger partial charge in [0.25, 0.3) is 0 Å². The van der Waals surface area contributed by atoms with Gasteiger partial charge in [0.05, 0.1) is 22.4 Å². The molecule has 2 aromatic heterocycles. The Hall–Kier alpha value is -2.80. The van der Waals surface area contributed by atoms with Gasteiger partial charge in [-0.3, -0.25) is 4.57 Å². The van der Waals surface area contributed by atoms with Crippen LogP contribution in [0.5, 0.6) is 0 Å². The minimum absolute atomic E-state index is 0.233. The Morgan fingerprint density at radius 2 is 1.83 bits per heavy atom. The van der Waals surface area contributed by atoms with Crippen molar-refractivity contribution < 1.29 is 4.39 Å². The summed E-state index contributed by atoms with van der Waals surface area (Å²) in [7, 11) is 0. The second kappa shape index (κ2) is 6.35. The Morgan fingerprint density at radius 3 is 2.57 bits per heavy atom. The molecule has 0 fully saturated rings. The molecule has 1 aliphatic rings. The first-order valence-corrected chi connectivity index (χ1v) is 11.2. The van der Waals surface area contributed by atoms with Crippen molar-refractivity contribution >= 4 is 28.4 Å². The number of halogens is 1. The first-order valence-electron chi connectivity index (χ1n) is 9.93. The van der Waals surface area contributed by atoms with Crippen LogP contribution in [0.4, 0.5) is 10.1 Å². The van der Waals surface area contributed by atoms with Crippen LogP contribution in [-0.4, -0.2) is 26.0 Å². The van der Waals surface area contributed by atoms with Gasteiger partial charge in [0.1, 0.15) is 11.6 Å². The monoisotopic (exact) mass is 421 g/mol. The van der Waals surface area contributed by atoms with Crippen molar-refractivity contribution in [1.82, 2.24) is 19.7 Å². The molecule has 30 heavy (non-hydrogen) atoms. The molecule has 5 rings (SSSR count). The molecule has 2 N–H and O–H groups in total. The summed E-state index contributed by atoms with van der Waals surface area (Å²) in [6.07, 6.45) is 4.00. The number of fused-ring (bicyclic) bond motifs is 4. The van der Waals surface area contributed by atoms with Gasteiger partial charge in [-0.05, 0) is 75.8 Å². The zero-order valence-electron chi connectivity index (χ0n) is 17.9. The summed E-state index contributed by atoms with van der Waals surface area (Å²) in [6, 6.07) is 5.38. The number of hydrogen-bond acceptors (Lipinski definition) is 4. The Balaban J connectivity index is 1.89. The summed E-state index contributed by atoms with van der Waals surface area (Å²) < 4.78 is 16.7. The number of benzene rings is 2. The largest absolute Gasteiger partial charge is 0.370 e. The maximum absolute atomic E-state index is 14.6. The third-order valence-corrected chi connectivity index (χ3v) is 6.80. The number of aromatic nitrogens is 4. The number of aromatic amines is 1. The molecule has 0 saturated heterocycles. The van der Waals surface area contributed by atoms with Crippen LogP contribution in [0.15, 0.2) is 29.3 Å². The highest BCUT2D eigenvalue weighted by atomic mass is 32.2. The van der Waals surface area contributed by atoms with E-state index in [1.807, 2.05) is 20.0 Å². The average Bonchev–Trinajstić information content (AvgIpc) is 3.25. The maximum Gasteiger partial charge on any atom is 0.162 e. The van der Waals surface area contributed by atoms with Crippen LogP contribution in [0.3, 0.4) is 0 Å². The van der Waals surface area contributed by atoms with Crippen LogP contribution >= 0.6 is 11.8 Å². The topological polar surface area (TPSA) is 58.5 Å². The highest BCUT2D eigenvalue weighted by Crippen LogP contribution is 2.47. The Bertz CT molecular complexity index is 1330. The molecule has 154 valence electrons. The van der Waals surface area contributed by atoms with Crippen LogP contribution in [0.1, 0.15) is 36.6 Å². The molecule has 0 spiro atoms. The molecule has 0 atom stereocenters. The lowest BCUT2D eigenvalue weighted by Crippen LogP contribution is -2.36. The minimum atomic E-state index is -0.352. The summed E-state index contributed by atoms with van der Waals surface area (Å²) >= 11 is 1.68. The van der Waals surface area contributed by atoms with Crippen molar-refractivity contribution in [2.24, 2.45) is 0 Å². The van der Waals surface area contributed by atoms with Crippen LogP contribution in [0, 0.1) is 26.6 Å². The molecule has 0 unspecified atom stereocenters. The van der Waals surface area contributed by atoms with E-state index in [-0.39, 0.29) is 11.4 Å². The van der Waals surface area contributed by atoms with Crippen LogP contribution in [0.25, 0.3) is 27.7 Å². The Labute approximate surface area is 179 Å². The second-order valence-corrected chi connectivity index (χ2v) is 9.33. The predicted molar refractivity (Wildman–Crippen MR) is 121 cm³/mol. The van der Waals surface area contributed by atoms with Gasteiger partial charge in [-0.15, -0.1) is 22.0 Å². The smallest absolute Gasteiger partial charge is 0.162 e. The number of nitrogens with zero attached hydrogens (tertiary/aromatic N) is 3. The van der Waals surface area contributed by atoms with E-state index in [9.17, 15) is 4.39 Å². The fourth-order valence-corrected chi connectivity index (χ4v) is 5.12. The Morgan fingerprint density at radius 1 is 1.07 bits per heavy atom. The molecule has 2 aromatic carbocycles. The molecule has 7 heteroatoms. The zero-order valence-corrected chi connectivity index (χ0v) is 18.8. The number of H-pyrrole nitrogens is 1. The van der Waals surface area contributed by atoms with Gasteiger partial charge < -0.3 is 10.3 Å². The fourth-order valence-electron chi connectivity index (χ4n) is 4.53. The van der Waals surface area contributed by atoms with Gasteiger partial charge in [-0.25, -0.2) is 4.39 Å². The normalized spacial score (nSPS) is 14.5. The van der Waals surface area contributed by atoms with Crippen molar-refractivity contribution in [1.29, 1.82) is 0 Å². The molecule has 4 aromatic rings. The number of rotatable bonds is 2. The summed E-state index contributed by atoms with van der Waals surface area (Å²) in [4.78, 5) is 4.45. The summed E-state index contributed by atoms with van der Waals surface area (Å²) in [5, 5.41) is 13.4. The number of anilines is 1. The molecule has 3 heterocycles. The maximum atomic E-state index is 14.6. The third-order valence-electron chi connectivity index (χ3n) is 6.03. The average molecular weight is 422 g/mol. The summed E-state index contributed by atoms with van der Waals surface area (Å²) in [5.41, 5.74) is 6.68. The first kappa shape index (κ1) is 19.2. The number of hydrogen-bond donors (Lipinski definition) is 2. The van der Waals surface area contributed by atoms with E-state index in [1.54, 1.807) is 23.9 Å². The van der Waals surface area contributed by atoms with E-state index in [1.165, 1.54) is 0 Å². The van der Waals surface area contributed by atoms with Crippen molar-refractivity contribution in [2.75, 3.05) is 11.6 Å². The second-order valence-electron chi connectivity index (χ2n) is 8.48. The van der Waals surface area contributed by atoms with Gasteiger partial charge in [-0.2, -0.15) is 0 Å². The molecule has 1 aliphatic heterocycles. The standard InChI is InChI=1S/C23H24FN5S/c1-11-10-25-19-15(11)7-14(24)8-17(19)16-9-18(30-6)20-21(12(16)2)29-13(3)27-28-22(29)23(4,5)26-20/h7-10,25-26H,1-6H3. The third kappa shape index (κ3) is 2.54. The molecule has 0 radical (unpaired) electrons. The lowest BCUT2D eigenvalue weighted by atomic mass is 9.92. The fraction of sp³-hybridized carbons (Fsp3) is 0.304. The van der Waals surface area contributed by atoms with E-state index in [0.717, 1.165) is 61.1 Å². The molecule has 5 nitrogen and oxygen atoms in total. The molecule has 0 saturated carbocycles. The molecular weight excluding hydrogens is 397 g/mol. The number of thioether (sulfide) groups is 1. The van der Waals surface area contributed by atoms with Crippen molar-refractivity contribution in [3.8, 4) is 16.8 Å². The van der Waals surface area contributed by atoms with E-state index in [4.69, 9.17) is 0 Å². The van der Waals surface area contributed by atoms with E-state index < -0.39 is 0 Å². The first-order chi connectivity index (χ1) is 14.2. The lowest BCUT2D eigenvalue weighted by molar-refractivity contribution is 0.532. The van der Waals surface area contributed by atoms with E-state index >= 15 is 0 Å².